The van der Waals surface area contributed by atoms with Crippen molar-refractivity contribution in [2.75, 3.05) is 23.8 Å². The predicted molar refractivity (Wildman–Crippen MR) is 58.3 cm³/mol. The molecule has 1 atom stereocenters. The number of hydrogen-bond acceptors (Lipinski definition) is 7. The molecule has 1 fully saturated rings. The topological polar surface area (TPSA) is 99.9 Å². The summed E-state index contributed by atoms with van der Waals surface area (Å²) in [6.45, 7) is 0.854. The molecule has 2 heterocycles. The number of rotatable bonds is 3. The minimum absolute atomic E-state index is 0.164. The average Bonchev–Trinajstić information content (AvgIpc) is 2.65. The second kappa shape index (κ2) is 4.63. The van der Waals surface area contributed by atoms with Crippen LogP contribution >= 0.6 is 11.8 Å². The third-order valence-corrected chi connectivity index (χ3v) is 3.05. The maximum Gasteiger partial charge on any atom is 0.225 e. The van der Waals surface area contributed by atoms with Crippen LogP contribution in [0.4, 0.5) is 11.9 Å². The lowest BCUT2D eigenvalue weighted by Crippen LogP contribution is -2.09. The van der Waals surface area contributed by atoms with Crippen molar-refractivity contribution in [1.82, 2.24) is 15.0 Å². The van der Waals surface area contributed by atoms with E-state index in [1.165, 1.54) is 11.8 Å². The number of hydrogen-bond donors (Lipinski definition) is 2. The van der Waals surface area contributed by atoms with Crippen LogP contribution in [-0.2, 0) is 4.74 Å². The summed E-state index contributed by atoms with van der Waals surface area (Å²) in [5.74, 6) is 1.16. The van der Waals surface area contributed by atoms with Crippen molar-refractivity contribution in [2.45, 2.75) is 24.1 Å². The lowest BCUT2D eigenvalue weighted by Gasteiger charge is -2.07. The first-order chi connectivity index (χ1) is 7.24. The van der Waals surface area contributed by atoms with Crippen LogP contribution in [-0.4, -0.2) is 33.4 Å². The molecular formula is C8H13N5OS. The summed E-state index contributed by atoms with van der Waals surface area (Å²) >= 11 is 1.50. The third kappa shape index (κ3) is 2.93. The highest BCUT2D eigenvalue weighted by molar-refractivity contribution is 7.99. The van der Waals surface area contributed by atoms with E-state index in [-0.39, 0.29) is 11.9 Å². The van der Waals surface area contributed by atoms with E-state index in [4.69, 9.17) is 16.2 Å². The molecule has 1 aliphatic heterocycles. The summed E-state index contributed by atoms with van der Waals surface area (Å²) in [7, 11) is 0. The van der Waals surface area contributed by atoms with Gasteiger partial charge in [-0.05, 0) is 12.8 Å². The number of nitrogen functional groups attached to an aromatic ring is 2. The lowest BCUT2D eigenvalue weighted by atomic mass is 10.3. The summed E-state index contributed by atoms with van der Waals surface area (Å²) in [4.78, 5) is 11.7. The molecule has 0 saturated carbocycles. The first-order valence-electron chi connectivity index (χ1n) is 4.75. The first-order valence-corrected chi connectivity index (χ1v) is 5.74. The zero-order chi connectivity index (χ0) is 10.7. The highest BCUT2D eigenvalue weighted by Gasteiger charge is 2.16. The van der Waals surface area contributed by atoms with Gasteiger partial charge in [-0.25, -0.2) is 0 Å². The standard InChI is InChI=1S/C8H13N5OS/c9-6-11-7(10)13-8(12-6)15-4-5-2-1-3-14-5/h5H,1-4H2,(H4,9,10,11,12,13)/t5-/m1/s1. The van der Waals surface area contributed by atoms with Crippen LogP contribution in [0.2, 0.25) is 0 Å². The average molecular weight is 227 g/mol. The van der Waals surface area contributed by atoms with E-state index in [2.05, 4.69) is 15.0 Å². The van der Waals surface area contributed by atoms with E-state index in [1.807, 2.05) is 0 Å². The molecular weight excluding hydrogens is 214 g/mol. The van der Waals surface area contributed by atoms with Gasteiger partial charge in [0, 0.05) is 12.4 Å². The largest absolute Gasteiger partial charge is 0.377 e. The molecule has 7 heteroatoms. The molecule has 0 radical (unpaired) electrons. The Morgan fingerprint density at radius 2 is 2.00 bits per heavy atom. The maximum atomic E-state index is 5.48. The summed E-state index contributed by atoms with van der Waals surface area (Å²) < 4.78 is 5.48. The molecule has 0 unspecified atom stereocenters. The molecule has 0 aromatic carbocycles. The minimum Gasteiger partial charge on any atom is -0.377 e. The van der Waals surface area contributed by atoms with Gasteiger partial charge in [-0.15, -0.1) is 0 Å². The van der Waals surface area contributed by atoms with E-state index in [1.54, 1.807) is 0 Å². The molecule has 1 aromatic rings. The molecule has 0 amide bonds. The van der Waals surface area contributed by atoms with Crippen LogP contribution in [0, 0.1) is 0 Å². The maximum absolute atomic E-state index is 5.48. The van der Waals surface area contributed by atoms with Crippen LogP contribution in [0.3, 0.4) is 0 Å². The Hall–Kier alpha value is -1.08. The first kappa shape index (κ1) is 10.4. The fraction of sp³-hybridized carbons (Fsp3) is 0.625. The molecule has 82 valence electrons. The van der Waals surface area contributed by atoms with Crippen LogP contribution in [0.15, 0.2) is 5.16 Å². The lowest BCUT2D eigenvalue weighted by molar-refractivity contribution is 0.129. The number of anilines is 2. The Balaban J connectivity index is 1.92. The fourth-order valence-electron chi connectivity index (χ4n) is 1.40. The molecule has 0 spiro atoms. The molecule has 1 aromatic heterocycles. The van der Waals surface area contributed by atoms with Gasteiger partial charge in [-0.3, -0.25) is 0 Å². The van der Waals surface area contributed by atoms with Crippen molar-refractivity contribution in [3.8, 4) is 0 Å². The van der Waals surface area contributed by atoms with Gasteiger partial charge < -0.3 is 16.2 Å². The fourth-order valence-corrected chi connectivity index (χ4v) is 2.31. The predicted octanol–water partition coefficient (Wildman–Crippen LogP) is 0.307. The zero-order valence-corrected chi connectivity index (χ0v) is 9.04. The Morgan fingerprint density at radius 1 is 1.27 bits per heavy atom. The van der Waals surface area contributed by atoms with Gasteiger partial charge in [0.25, 0.3) is 0 Å². The van der Waals surface area contributed by atoms with Crippen molar-refractivity contribution in [3.63, 3.8) is 0 Å². The summed E-state index contributed by atoms with van der Waals surface area (Å²) in [5.41, 5.74) is 10.9. The highest BCUT2D eigenvalue weighted by atomic mass is 32.2. The molecule has 1 saturated heterocycles. The Bertz CT molecular complexity index is 322. The summed E-state index contributed by atoms with van der Waals surface area (Å²) in [6, 6.07) is 0. The minimum atomic E-state index is 0.164. The van der Waals surface area contributed by atoms with E-state index in [0.717, 1.165) is 25.2 Å². The van der Waals surface area contributed by atoms with Crippen LogP contribution in [0.25, 0.3) is 0 Å². The summed E-state index contributed by atoms with van der Waals surface area (Å²) in [6.07, 6.45) is 2.53. The van der Waals surface area contributed by atoms with Crippen molar-refractivity contribution in [2.24, 2.45) is 0 Å². The van der Waals surface area contributed by atoms with Crippen molar-refractivity contribution in [1.29, 1.82) is 0 Å². The summed E-state index contributed by atoms with van der Waals surface area (Å²) in [5, 5.41) is 0.565. The SMILES string of the molecule is Nc1nc(N)nc(SC[C@H]2CCCO2)n1. The number of aromatic nitrogens is 3. The number of nitrogens with zero attached hydrogens (tertiary/aromatic N) is 3. The molecule has 1 aliphatic rings. The molecule has 6 nitrogen and oxygen atoms in total. The van der Waals surface area contributed by atoms with Crippen LogP contribution in [0.5, 0.6) is 0 Å². The number of nitrogens with two attached hydrogens (primary N) is 2. The highest BCUT2D eigenvalue weighted by Crippen LogP contribution is 2.21. The monoisotopic (exact) mass is 227 g/mol. The van der Waals surface area contributed by atoms with Gasteiger partial charge in [0.05, 0.1) is 6.10 Å². The van der Waals surface area contributed by atoms with Crippen LogP contribution < -0.4 is 11.5 Å². The molecule has 2 rings (SSSR count). The van der Waals surface area contributed by atoms with Gasteiger partial charge >= 0.3 is 0 Å². The smallest absolute Gasteiger partial charge is 0.225 e. The van der Waals surface area contributed by atoms with E-state index < -0.39 is 0 Å². The molecule has 4 N–H and O–H groups in total. The van der Waals surface area contributed by atoms with Crippen molar-refractivity contribution >= 4 is 23.7 Å². The van der Waals surface area contributed by atoms with Crippen LogP contribution in [0.1, 0.15) is 12.8 Å². The quantitative estimate of drug-likeness (QED) is 0.716. The van der Waals surface area contributed by atoms with Crippen molar-refractivity contribution in [3.05, 3.63) is 0 Å². The van der Waals surface area contributed by atoms with Gasteiger partial charge in [-0.2, -0.15) is 15.0 Å². The van der Waals surface area contributed by atoms with E-state index in [0.29, 0.717) is 11.3 Å². The molecule has 15 heavy (non-hydrogen) atoms. The number of ether oxygens (including phenoxy) is 1. The third-order valence-electron chi connectivity index (χ3n) is 2.07. The Morgan fingerprint density at radius 3 is 2.60 bits per heavy atom. The van der Waals surface area contributed by atoms with Gasteiger partial charge in [-0.1, -0.05) is 11.8 Å². The Labute approximate surface area is 91.8 Å². The molecule has 0 aliphatic carbocycles. The number of thioether (sulfide) groups is 1. The van der Waals surface area contributed by atoms with Gasteiger partial charge in [0.15, 0.2) is 5.16 Å². The normalized spacial score (nSPS) is 20.7. The van der Waals surface area contributed by atoms with Crippen molar-refractivity contribution < 1.29 is 4.74 Å². The molecule has 0 bridgehead atoms. The second-order valence-corrected chi connectivity index (χ2v) is 4.27. The Kier molecular flexibility index (Phi) is 3.22. The zero-order valence-electron chi connectivity index (χ0n) is 8.22. The van der Waals surface area contributed by atoms with Gasteiger partial charge in [0.1, 0.15) is 0 Å². The van der Waals surface area contributed by atoms with E-state index >= 15 is 0 Å². The second-order valence-electron chi connectivity index (χ2n) is 3.28. The van der Waals surface area contributed by atoms with E-state index in [9.17, 15) is 0 Å². The van der Waals surface area contributed by atoms with Gasteiger partial charge in [0.2, 0.25) is 11.9 Å².